The standard InChI is InChI=1S/C118H114O2/c1-3-5-7-9-11-13-15-17-19-51-85-119-105-87-104(84-78-90-75-81-102(82-76-90)118-115(99-69-47-29-48-70-99)111(95-61-39-25-40-62-95)108(92-55-33-22-34-56-92)112(96-63-41-26-42-64-96)116(118)100-71-49-30-50-72-100)106(120-86-52-20-18-16-14-12-10-8-6-4-2)88-103(105)83-77-89-73-79-101(80-74-89)117-113(97-65-43-27-44-66-97)109(93-57-35-23-36-58-93)107(91-53-31-21-32-54-91)110(94-59-37-24-38-60-94)114(117)98-67-45-28-46-68-98/h21-50,53-84,87-88H,3-20,51-52,85-86H2,1-2H3/b83-77+,84-78+. The number of ether oxygens (including phenoxy) is 2. The van der Waals surface area contributed by atoms with E-state index in [0.29, 0.717) is 13.2 Å². The third kappa shape index (κ3) is 20.7. The highest BCUT2D eigenvalue weighted by molar-refractivity contribution is 6.17. The minimum Gasteiger partial charge on any atom is -0.493 e. The Hall–Kier alpha value is -12.6. The van der Waals surface area contributed by atoms with Gasteiger partial charge in [-0.3, -0.25) is 0 Å². The van der Waals surface area contributed by atoms with Gasteiger partial charge in [-0.05, 0) is 170 Å². The zero-order valence-electron chi connectivity index (χ0n) is 70.3. The molecule has 15 aromatic rings. The molecule has 0 heterocycles. The van der Waals surface area contributed by atoms with E-state index in [2.05, 4.69) is 402 Å². The molecule has 120 heavy (non-hydrogen) atoms. The maximum atomic E-state index is 7.12. The van der Waals surface area contributed by atoms with E-state index in [1.54, 1.807) is 0 Å². The second-order valence-electron chi connectivity index (χ2n) is 32.1. The molecule has 0 saturated heterocycles. The van der Waals surface area contributed by atoms with E-state index in [1.165, 1.54) is 181 Å². The molecule has 15 rings (SSSR count). The van der Waals surface area contributed by atoms with Crippen LogP contribution in [-0.4, -0.2) is 13.2 Å². The lowest BCUT2D eigenvalue weighted by Crippen LogP contribution is -2.03. The van der Waals surface area contributed by atoms with Crippen LogP contribution in [0.15, 0.2) is 364 Å². The zero-order valence-corrected chi connectivity index (χ0v) is 70.3. The lowest BCUT2D eigenvalue weighted by atomic mass is 9.74. The molecule has 2 nitrogen and oxygen atoms in total. The van der Waals surface area contributed by atoms with Gasteiger partial charge >= 0.3 is 0 Å². The van der Waals surface area contributed by atoms with Gasteiger partial charge in [0, 0.05) is 11.1 Å². The van der Waals surface area contributed by atoms with Gasteiger partial charge in [0.15, 0.2) is 0 Å². The van der Waals surface area contributed by atoms with E-state index >= 15 is 0 Å². The van der Waals surface area contributed by atoms with Gasteiger partial charge in [-0.15, -0.1) is 0 Å². The van der Waals surface area contributed by atoms with Crippen molar-refractivity contribution < 1.29 is 9.47 Å². The zero-order chi connectivity index (χ0) is 81.5. The number of hydrogen-bond donors (Lipinski definition) is 0. The SMILES string of the molecule is CCCCCCCCCCCCOc1cc(/C=C/c2ccc(-c3c(-c4ccccc4)c(-c4ccccc4)c(-c4ccccc4)c(-c4ccccc4)c3-c3ccccc3)cc2)c(OCCCCCCCCCCCC)cc1/C=C/c1ccc(-c2c(-c3ccccc3)c(-c3ccccc3)c(-c3ccccc3)c(-c3ccccc3)c2-c2ccccc2)cc1. The van der Waals surface area contributed by atoms with Crippen LogP contribution in [0.5, 0.6) is 11.5 Å². The van der Waals surface area contributed by atoms with E-state index < -0.39 is 0 Å². The summed E-state index contributed by atoms with van der Waals surface area (Å²) in [6, 6.07) is 134. The van der Waals surface area contributed by atoms with E-state index in [4.69, 9.17) is 9.47 Å². The molecule has 0 bridgehead atoms. The highest BCUT2D eigenvalue weighted by atomic mass is 16.5. The van der Waals surface area contributed by atoms with Gasteiger partial charge < -0.3 is 9.47 Å². The van der Waals surface area contributed by atoms with Crippen LogP contribution in [0.25, 0.3) is 158 Å². The predicted octanol–water partition coefficient (Wildman–Crippen LogP) is 34.6. The quantitative estimate of drug-likeness (QED) is 0.0281. The van der Waals surface area contributed by atoms with E-state index in [0.717, 1.165) is 115 Å². The van der Waals surface area contributed by atoms with E-state index in [1.807, 2.05) is 0 Å². The molecular formula is C118H114O2. The molecule has 0 amide bonds. The maximum absolute atomic E-state index is 7.12. The van der Waals surface area contributed by atoms with Gasteiger partial charge in [0.05, 0.1) is 13.2 Å². The fourth-order valence-electron chi connectivity index (χ4n) is 17.6. The smallest absolute Gasteiger partial charge is 0.127 e. The molecule has 0 atom stereocenters. The minimum absolute atomic E-state index is 0.627. The molecule has 15 aromatic carbocycles. The maximum Gasteiger partial charge on any atom is 0.127 e. The highest BCUT2D eigenvalue weighted by Gasteiger charge is 2.32. The minimum atomic E-state index is 0.627. The van der Waals surface area contributed by atoms with Gasteiger partial charge in [-0.25, -0.2) is 0 Å². The number of rotatable bonds is 40. The summed E-state index contributed by atoms with van der Waals surface area (Å²) in [6.07, 6.45) is 34.2. The van der Waals surface area contributed by atoms with Crippen LogP contribution in [0.3, 0.4) is 0 Å². The first-order chi connectivity index (χ1) is 59.6. The second-order valence-corrected chi connectivity index (χ2v) is 32.1. The highest BCUT2D eigenvalue weighted by Crippen LogP contribution is 2.58. The molecular weight excluding hydrogens is 1450 g/mol. The Bertz CT molecular complexity index is 5140. The number of hydrogen-bond acceptors (Lipinski definition) is 2. The third-order valence-electron chi connectivity index (χ3n) is 23.6. The van der Waals surface area contributed by atoms with Crippen molar-refractivity contribution >= 4 is 24.3 Å². The molecule has 0 aliphatic heterocycles. The van der Waals surface area contributed by atoms with Crippen molar-refractivity contribution in [3.8, 4) is 145 Å². The monoisotopic (exact) mass is 1560 g/mol. The lowest BCUT2D eigenvalue weighted by Gasteiger charge is -2.28. The average Bonchev–Trinajstić information content (AvgIpc) is 0.721. The van der Waals surface area contributed by atoms with Gasteiger partial charge in [-0.1, -0.05) is 506 Å². The lowest BCUT2D eigenvalue weighted by molar-refractivity contribution is 0.295. The van der Waals surface area contributed by atoms with Crippen LogP contribution >= 0.6 is 0 Å². The molecule has 0 aliphatic rings. The van der Waals surface area contributed by atoms with Crippen LogP contribution in [0.2, 0.25) is 0 Å². The molecule has 598 valence electrons. The van der Waals surface area contributed by atoms with Gasteiger partial charge in [0.2, 0.25) is 0 Å². The summed E-state index contributed by atoms with van der Waals surface area (Å²) < 4.78 is 14.2. The summed E-state index contributed by atoms with van der Waals surface area (Å²) in [5.41, 5.74) is 32.4. The number of unbranched alkanes of at least 4 members (excludes halogenated alkanes) is 18. The average molecular weight is 1560 g/mol. The Morgan fingerprint density at radius 3 is 0.500 bits per heavy atom. The Morgan fingerprint density at radius 1 is 0.167 bits per heavy atom. The van der Waals surface area contributed by atoms with Crippen LogP contribution in [0.1, 0.15) is 165 Å². The predicted molar refractivity (Wildman–Crippen MR) is 517 cm³/mol. The van der Waals surface area contributed by atoms with Crippen molar-refractivity contribution in [2.24, 2.45) is 0 Å². The van der Waals surface area contributed by atoms with Crippen molar-refractivity contribution in [1.82, 2.24) is 0 Å². The van der Waals surface area contributed by atoms with Crippen molar-refractivity contribution in [3.05, 3.63) is 386 Å². The number of benzene rings is 15. The second kappa shape index (κ2) is 43.2. The van der Waals surface area contributed by atoms with Crippen LogP contribution < -0.4 is 9.47 Å². The largest absolute Gasteiger partial charge is 0.493 e. The van der Waals surface area contributed by atoms with Crippen LogP contribution in [-0.2, 0) is 0 Å². The summed E-state index contributed by atoms with van der Waals surface area (Å²) in [5.74, 6) is 1.70. The fourth-order valence-corrected chi connectivity index (χ4v) is 17.6. The Morgan fingerprint density at radius 2 is 0.325 bits per heavy atom. The fraction of sp³-hybridized carbons (Fsp3) is 0.203. The van der Waals surface area contributed by atoms with E-state index in [-0.39, 0.29) is 0 Å². The summed E-state index contributed by atoms with van der Waals surface area (Å²) >= 11 is 0. The van der Waals surface area contributed by atoms with Crippen molar-refractivity contribution in [2.45, 2.75) is 142 Å². The Balaban J connectivity index is 0.841. The first kappa shape index (κ1) is 82.5. The van der Waals surface area contributed by atoms with Gasteiger partial charge in [-0.2, -0.15) is 0 Å². The van der Waals surface area contributed by atoms with E-state index in [9.17, 15) is 0 Å². The van der Waals surface area contributed by atoms with Crippen molar-refractivity contribution in [1.29, 1.82) is 0 Å². The van der Waals surface area contributed by atoms with Crippen LogP contribution in [0, 0.1) is 0 Å². The van der Waals surface area contributed by atoms with Gasteiger partial charge in [0.1, 0.15) is 11.5 Å². The molecule has 0 spiro atoms. The van der Waals surface area contributed by atoms with Gasteiger partial charge in [0.25, 0.3) is 0 Å². The molecule has 2 heteroatoms. The van der Waals surface area contributed by atoms with Crippen LogP contribution in [0.4, 0.5) is 0 Å². The molecule has 0 aromatic heterocycles. The molecule has 0 radical (unpaired) electrons. The molecule has 0 fully saturated rings. The third-order valence-corrected chi connectivity index (χ3v) is 23.6. The molecule has 0 saturated carbocycles. The molecule has 0 N–H and O–H groups in total. The first-order valence-electron chi connectivity index (χ1n) is 44.6. The normalized spacial score (nSPS) is 11.4. The topological polar surface area (TPSA) is 18.5 Å². The molecule has 0 aliphatic carbocycles. The Labute approximate surface area is 715 Å². The first-order valence-corrected chi connectivity index (χ1v) is 44.6. The van der Waals surface area contributed by atoms with Crippen molar-refractivity contribution in [3.63, 3.8) is 0 Å². The summed E-state index contributed by atoms with van der Waals surface area (Å²) in [6.45, 7) is 5.85. The molecule has 0 unspecified atom stereocenters. The summed E-state index contributed by atoms with van der Waals surface area (Å²) in [4.78, 5) is 0. The summed E-state index contributed by atoms with van der Waals surface area (Å²) in [7, 11) is 0. The summed E-state index contributed by atoms with van der Waals surface area (Å²) in [5, 5.41) is 0. The van der Waals surface area contributed by atoms with Crippen molar-refractivity contribution in [2.75, 3.05) is 13.2 Å². The Kier molecular flexibility index (Phi) is 29.7.